The highest BCUT2D eigenvalue weighted by atomic mass is 16.5. The summed E-state index contributed by atoms with van der Waals surface area (Å²) in [4.78, 5) is 11.0. The van der Waals surface area contributed by atoms with Crippen LogP contribution in [0.3, 0.4) is 0 Å². The van der Waals surface area contributed by atoms with Gasteiger partial charge >= 0.3 is 0 Å². The molecule has 1 N–H and O–H groups in total. The third kappa shape index (κ3) is 2.07. The fraction of sp³-hybridized carbons (Fsp3) is 0.889. The van der Waals surface area contributed by atoms with Crippen LogP contribution in [0.2, 0.25) is 0 Å². The number of aliphatic hydroxyl groups is 1. The summed E-state index contributed by atoms with van der Waals surface area (Å²) in [6, 6.07) is 0. The molecule has 0 radical (unpaired) electrons. The minimum absolute atomic E-state index is 0.121. The van der Waals surface area contributed by atoms with Crippen LogP contribution in [0.25, 0.3) is 0 Å². The van der Waals surface area contributed by atoms with Gasteiger partial charge in [0.2, 0.25) is 0 Å². The Morgan fingerprint density at radius 3 is 2.69 bits per heavy atom. The summed E-state index contributed by atoms with van der Waals surface area (Å²) in [5.41, 5.74) is 0. The summed E-state index contributed by atoms with van der Waals surface area (Å²) in [5, 5.41) is 9.70. The summed E-state index contributed by atoms with van der Waals surface area (Å²) in [6.45, 7) is 3.80. The predicted octanol–water partition coefficient (Wildman–Crippen LogP) is -0.0138. The maximum absolute atomic E-state index is 11.0. The molecular weight excluding hydrogens is 172 g/mol. The van der Waals surface area contributed by atoms with Crippen molar-refractivity contribution in [3.63, 3.8) is 0 Å². The minimum atomic E-state index is -0.841. The smallest absolute Gasteiger partial charge is 0.161 e. The van der Waals surface area contributed by atoms with Gasteiger partial charge in [0, 0.05) is 13.0 Å². The van der Waals surface area contributed by atoms with Gasteiger partial charge in [-0.2, -0.15) is 0 Å². The standard InChI is InChI=1S/C9H16O4/c1-5-4-13-9(6(2)10)7(11)8(5)12-3/h5,7-9,11H,4H2,1-3H3/t5-,7+,8-,9-/m0/s1. The Morgan fingerprint density at radius 2 is 2.23 bits per heavy atom. The molecule has 13 heavy (non-hydrogen) atoms. The fourth-order valence-electron chi connectivity index (χ4n) is 1.69. The van der Waals surface area contributed by atoms with E-state index in [0.29, 0.717) is 6.61 Å². The molecule has 76 valence electrons. The first-order valence-electron chi connectivity index (χ1n) is 4.40. The van der Waals surface area contributed by atoms with E-state index >= 15 is 0 Å². The van der Waals surface area contributed by atoms with E-state index in [-0.39, 0.29) is 17.8 Å². The van der Waals surface area contributed by atoms with E-state index in [1.54, 1.807) is 0 Å². The van der Waals surface area contributed by atoms with E-state index in [2.05, 4.69) is 0 Å². The highest BCUT2D eigenvalue weighted by Gasteiger charge is 2.39. The Kier molecular flexibility index (Phi) is 3.41. The minimum Gasteiger partial charge on any atom is -0.387 e. The lowest BCUT2D eigenvalue weighted by atomic mass is 9.92. The van der Waals surface area contributed by atoms with E-state index in [1.807, 2.05) is 6.92 Å². The maximum atomic E-state index is 11.0. The van der Waals surface area contributed by atoms with E-state index in [9.17, 15) is 9.90 Å². The third-order valence-corrected chi connectivity index (χ3v) is 2.42. The largest absolute Gasteiger partial charge is 0.387 e. The van der Waals surface area contributed by atoms with E-state index in [4.69, 9.17) is 9.47 Å². The Morgan fingerprint density at radius 1 is 1.62 bits per heavy atom. The molecule has 0 spiro atoms. The van der Waals surface area contributed by atoms with Gasteiger partial charge in [-0.3, -0.25) is 4.79 Å². The highest BCUT2D eigenvalue weighted by molar-refractivity contribution is 5.81. The monoisotopic (exact) mass is 188 g/mol. The van der Waals surface area contributed by atoms with Crippen LogP contribution in [0.1, 0.15) is 13.8 Å². The second kappa shape index (κ2) is 4.17. The third-order valence-electron chi connectivity index (χ3n) is 2.42. The quantitative estimate of drug-likeness (QED) is 0.662. The van der Waals surface area contributed by atoms with Crippen LogP contribution in [0, 0.1) is 5.92 Å². The van der Waals surface area contributed by atoms with Crippen molar-refractivity contribution < 1.29 is 19.4 Å². The van der Waals surface area contributed by atoms with Gasteiger partial charge in [-0.1, -0.05) is 6.92 Å². The lowest BCUT2D eigenvalue weighted by molar-refractivity contribution is -0.178. The lowest BCUT2D eigenvalue weighted by Crippen LogP contribution is -2.52. The molecule has 0 bridgehead atoms. The van der Waals surface area contributed by atoms with Gasteiger partial charge in [-0.25, -0.2) is 0 Å². The molecule has 0 aliphatic carbocycles. The molecule has 0 saturated carbocycles. The van der Waals surface area contributed by atoms with Gasteiger partial charge in [0.25, 0.3) is 0 Å². The van der Waals surface area contributed by atoms with Crippen molar-refractivity contribution in [2.24, 2.45) is 5.92 Å². The number of methoxy groups -OCH3 is 1. The van der Waals surface area contributed by atoms with E-state index < -0.39 is 12.2 Å². The van der Waals surface area contributed by atoms with E-state index in [0.717, 1.165) is 0 Å². The molecule has 1 aliphatic rings. The first-order chi connectivity index (χ1) is 6.07. The van der Waals surface area contributed by atoms with Gasteiger partial charge in [-0.05, 0) is 6.92 Å². The Labute approximate surface area is 77.8 Å². The fourth-order valence-corrected chi connectivity index (χ4v) is 1.69. The lowest BCUT2D eigenvalue weighted by Gasteiger charge is -2.36. The molecule has 1 saturated heterocycles. The molecule has 0 unspecified atom stereocenters. The maximum Gasteiger partial charge on any atom is 0.161 e. The Balaban J connectivity index is 2.69. The molecule has 4 atom stereocenters. The zero-order valence-electron chi connectivity index (χ0n) is 8.19. The SMILES string of the molecule is CO[C@@H]1[C@@H](O)[C@H](C(C)=O)OC[C@@H]1C. The van der Waals surface area contributed by atoms with Crippen LogP contribution in [-0.2, 0) is 14.3 Å². The second-order valence-electron chi connectivity index (χ2n) is 3.53. The molecule has 1 heterocycles. The van der Waals surface area contributed by atoms with Crippen molar-refractivity contribution in [2.75, 3.05) is 13.7 Å². The van der Waals surface area contributed by atoms with Gasteiger partial charge in [-0.15, -0.1) is 0 Å². The zero-order chi connectivity index (χ0) is 10.0. The number of carbonyl (C=O) groups excluding carboxylic acids is 1. The number of hydrogen-bond acceptors (Lipinski definition) is 4. The van der Waals surface area contributed by atoms with Crippen LogP contribution >= 0.6 is 0 Å². The number of Topliss-reactive ketones (excluding diaryl/α,β-unsaturated/α-hetero) is 1. The van der Waals surface area contributed by atoms with Crippen LogP contribution in [0.4, 0.5) is 0 Å². The molecule has 1 rings (SSSR count). The summed E-state index contributed by atoms with van der Waals surface area (Å²) in [5.74, 6) is -0.0305. The molecule has 0 amide bonds. The summed E-state index contributed by atoms with van der Waals surface area (Å²) in [7, 11) is 1.53. The Hall–Kier alpha value is -0.450. The molecular formula is C9H16O4. The summed E-state index contributed by atoms with van der Waals surface area (Å²) in [6.07, 6.45) is -1.87. The van der Waals surface area contributed by atoms with Gasteiger partial charge in [0.15, 0.2) is 5.78 Å². The molecule has 0 aromatic rings. The second-order valence-corrected chi connectivity index (χ2v) is 3.53. The molecule has 4 heteroatoms. The number of hydrogen-bond donors (Lipinski definition) is 1. The number of ether oxygens (including phenoxy) is 2. The Bertz CT molecular complexity index is 192. The molecule has 1 fully saturated rings. The van der Waals surface area contributed by atoms with Crippen molar-refractivity contribution in [1.29, 1.82) is 0 Å². The van der Waals surface area contributed by atoms with Crippen molar-refractivity contribution in [3.05, 3.63) is 0 Å². The molecule has 1 aliphatic heterocycles. The molecule has 0 aromatic heterocycles. The number of aliphatic hydroxyl groups excluding tert-OH is 1. The predicted molar refractivity (Wildman–Crippen MR) is 46.4 cm³/mol. The number of rotatable bonds is 2. The summed E-state index contributed by atoms with van der Waals surface area (Å²) < 4.78 is 10.3. The number of ketones is 1. The van der Waals surface area contributed by atoms with Crippen molar-refractivity contribution in [2.45, 2.75) is 32.2 Å². The molecule has 4 nitrogen and oxygen atoms in total. The van der Waals surface area contributed by atoms with Crippen molar-refractivity contribution in [1.82, 2.24) is 0 Å². The van der Waals surface area contributed by atoms with E-state index in [1.165, 1.54) is 14.0 Å². The normalized spacial score (nSPS) is 40.3. The topological polar surface area (TPSA) is 55.8 Å². The first-order valence-corrected chi connectivity index (χ1v) is 4.40. The van der Waals surface area contributed by atoms with Crippen LogP contribution < -0.4 is 0 Å². The van der Waals surface area contributed by atoms with Crippen molar-refractivity contribution >= 4 is 5.78 Å². The molecule has 0 aromatic carbocycles. The van der Waals surface area contributed by atoms with Crippen LogP contribution in [0.5, 0.6) is 0 Å². The zero-order valence-corrected chi connectivity index (χ0v) is 8.19. The van der Waals surface area contributed by atoms with Gasteiger partial charge in [0.1, 0.15) is 12.2 Å². The van der Waals surface area contributed by atoms with Gasteiger partial charge < -0.3 is 14.6 Å². The number of carbonyl (C=O) groups is 1. The average Bonchev–Trinajstić information content (AvgIpc) is 2.04. The highest BCUT2D eigenvalue weighted by Crippen LogP contribution is 2.22. The van der Waals surface area contributed by atoms with Gasteiger partial charge in [0.05, 0.1) is 12.7 Å². The summed E-state index contributed by atoms with van der Waals surface area (Å²) >= 11 is 0. The van der Waals surface area contributed by atoms with Crippen molar-refractivity contribution in [3.8, 4) is 0 Å². The average molecular weight is 188 g/mol. The van der Waals surface area contributed by atoms with Crippen LogP contribution in [-0.4, -0.2) is 42.9 Å². The van der Waals surface area contributed by atoms with Crippen LogP contribution in [0.15, 0.2) is 0 Å². The first kappa shape index (κ1) is 10.6.